The van der Waals surface area contributed by atoms with Gasteiger partial charge in [-0.2, -0.15) is 0 Å². The minimum Gasteiger partial charge on any atom is -0.481 e. The van der Waals surface area contributed by atoms with E-state index in [4.69, 9.17) is 5.11 Å². The van der Waals surface area contributed by atoms with Crippen molar-refractivity contribution >= 4 is 22.4 Å². The lowest BCUT2D eigenvalue weighted by Crippen LogP contribution is -1.99. The summed E-state index contributed by atoms with van der Waals surface area (Å²) in [6.45, 7) is 0. The SMILES string of the molecule is O=C(O)Cc1sc(NC2CC2)nc1-c1ccccc1. The number of nitrogens with one attached hydrogen (secondary N) is 1. The molecule has 98 valence electrons. The highest BCUT2D eigenvalue weighted by atomic mass is 32.1. The molecule has 1 aromatic carbocycles. The average molecular weight is 274 g/mol. The number of carboxylic acid groups (broad SMARTS) is 1. The molecule has 5 heteroatoms. The minimum absolute atomic E-state index is 0.0221. The van der Waals surface area contributed by atoms with E-state index < -0.39 is 5.97 Å². The van der Waals surface area contributed by atoms with Crippen molar-refractivity contribution < 1.29 is 9.90 Å². The highest BCUT2D eigenvalue weighted by molar-refractivity contribution is 7.16. The van der Waals surface area contributed by atoms with Crippen LogP contribution in [0.1, 0.15) is 17.7 Å². The van der Waals surface area contributed by atoms with E-state index in [0.717, 1.165) is 21.3 Å². The molecular formula is C14H14N2O2S. The summed E-state index contributed by atoms with van der Waals surface area (Å²) in [6, 6.07) is 10.3. The van der Waals surface area contributed by atoms with Gasteiger partial charge in [0.25, 0.3) is 0 Å². The molecule has 0 amide bonds. The fraction of sp³-hybridized carbons (Fsp3) is 0.286. The maximum absolute atomic E-state index is 11.0. The van der Waals surface area contributed by atoms with Crippen LogP contribution in [0.3, 0.4) is 0 Å². The summed E-state index contributed by atoms with van der Waals surface area (Å²) in [5.41, 5.74) is 1.76. The number of thiazole rings is 1. The Morgan fingerprint density at radius 3 is 2.74 bits per heavy atom. The molecule has 1 saturated carbocycles. The van der Waals surface area contributed by atoms with Gasteiger partial charge in [-0.25, -0.2) is 4.98 Å². The van der Waals surface area contributed by atoms with Crippen molar-refractivity contribution in [2.45, 2.75) is 25.3 Å². The molecule has 0 bridgehead atoms. The van der Waals surface area contributed by atoms with Crippen LogP contribution in [0.15, 0.2) is 30.3 Å². The summed E-state index contributed by atoms with van der Waals surface area (Å²) < 4.78 is 0. The van der Waals surface area contributed by atoms with Crippen LogP contribution < -0.4 is 5.32 Å². The number of benzene rings is 1. The minimum atomic E-state index is -0.821. The molecule has 1 aromatic heterocycles. The predicted molar refractivity (Wildman–Crippen MR) is 75.5 cm³/mol. The van der Waals surface area contributed by atoms with Gasteiger partial charge in [-0.1, -0.05) is 30.3 Å². The van der Waals surface area contributed by atoms with E-state index >= 15 is 0 Å². The first-order chi connectivity index (χ1) is 9.22. The summed E-state index contributed by atoms with van der Waals surface area (Å²) in [5, 5.41) is 13.2. The number of carboxylic acids is 1. The maximum Gasteiger partial charge on any atom is 0.308 e. The van der Waals surface area contributed by atoms with Crippen LogP contribution >= 0.6 is 11.3 Å². The van der Waals surface area contributed by atoms with E-state index in [9.17, 15) is 4.79 Å². The van der Waals surface area contributed by atoms with Crippen LogP contribution in [0.4, 0.5) is 5.13 Å². The van der Waals surface area contributed by atoms with Crippen LogP contribution in [-0.2, 0) is 11.2 Å². The number of rotatable bonds is 5. The normalized spacial score (nSPS) is 14.3. The van der Waals surface area contributed by atoms with Crippen molar-refractivity contribution in [3.63, 3.8) is 0 Å². The largest absolute Gasteiger partial charge is 0.481 e. The van der Waals surface area contributed by atoms with Crippen LogP contribution in [0.5, 0.6) is 0 Å². The molecule has 1 fully saturated rings. The smallest absolute Gasteiger partial charge is 0.308 e. The number of anilines is 1. The zero-order valence-corrected chi connectivity index (χ0v) is 11.1. The van der Waals surface area contributed by atoms with Gasteiger partial charge in [0.15, 0.2) is 5.13 Å². The number of hydrogen-bond acceptors (Lipinski definition) is 4. The van der Waals surface area contributed by atoms with Gasteiger partial charge in [0.05, 0.1) is 12.1 Å². The van der Waals surface area contributed by atoms with Crippen molar-refractivity contribution in [2.24, 2.45) is 0 Å². The highest BCUT2D eigenvalue weighted by Gasteiger charge is 2.23. The van der Waals surface area contributed by atoms with Gasteiger partial charge in [0, 0.05) is 16.5 Å². The third-order valence-corrected chi connectivity index (χ3v) is 3.95. The predicted octanol–water partition coefficient (Wildman–Crippen LogP) is 3.01. The van der Waals surface area contributed by atoms with Gasteiger partial charge in [0.2, 0.25) is 0 Å². The molecule has 2 N–H and O–H groups in total. The Balaban J connectivity index is 1.94. The zero-order valence-electron chi connectivity index (χ0n) is 10.3. The summed E-state index contributed by atoms with van der Waals surface area (Å²) in [4.78, 5) is 16.3. The fourth-order valence-electron chi connectivity index (χ4n) is 1.89. The number of nitrogens with zero attached hydrogens (tertiary/aromatic N) is 1. The first kappa shape index (κ1) is 12.2. The third-order valence-electron chi connectivity index (χ3n) is 2.96. The second kappa shape index (κ2) is 5.01. The molecule has 0 unspecified atom stereocenters. The number of hydrogen-bond donors (Lipinski definition) is 2. The van der Waals surface area contributed by atoms with Gasteiger partial charge < -0.3 is 10.4 Å². The highest BCUT2D eigenvalue weighted by Crippen LogP contribution is 2.34. The fourth-order valence-corrected chi connectivity index (χ4v) is 2.95. The lowest BCUT2D eigenvalue weighted by atomic mass is 10.1. The topological polar surface area (TPSA) is 62.2 Å². The Hall–Kier alpha value is -1.88. The van der Waals surface area contributed by atoms with Gasteiger partial charge in [-0.15, -0.1) is 11.3 Å². The lowest BCUT2D eigenvalue weighted by molar-refractivity contribution is -0.136. The van der Waals surface area contributed by atoms with Crippen LogP contribution in [0, 0.1) is 0 Å². The molecule has 1 aliphatic carbocycles. The van der Waals surface area contributed by atoms with E-state index in [0.29, 0.717) is 6.04 Å². The van der Waals surface area contributed by atoms with Crippen molar-refractivity contribution in [3.05, 3.63) is 35.2 Å². The Labute approximate surface area is 115 Å². The number of carbonyl (C=O) groups is 1. The Bertz CT molecular complexity index is 591. The van der Waals surface area contributed by atoms with Crippen LogP contribution in [0.25, 0.3) is 11.3 Å². The molecule has 0 aliphatic heterocycles. The monoisotopic (exact) mass is 274 g/mol. The van der Waals surface area contributed by atoms with Crippen LogP contribution in [-0.4, -0.2) is 22.1 Å². The van der Waals surface area contributed by atoms with Crippen molar-refractivity contribution in [2.75, 3.05) is 5.32 Å². The van der Waals surface area contributed by atoms with Gasteiger partial charge in [-0.05, 0) is 12.8 Å². The zero-order chi connectivity index (χ0) is 13.2. The quantitative estimate of drug-likeness (QED) is 0.879. The second-order valence-electron chi connectivity index (χ2n) is 4.65. The van der Waals surface area contributed by atoms with Crippen LogP contribution in [0.2, 0.25) is 0 Å². The summed E-state index contributed by atoms with van der Waals surface area (Å²) in [7, 11) is 0. The molecule has 1 heterocycles. The lowest BCUT2D eigenvalue weighted by Gasteiger charge is -1.99. The Morgan fingerprint density at radius 1 is 1.37 bits per heavy atom. The molecular weight excluding hydrogens is 260 g/mol. The first-order valence-electron chi connectivity index (χ1n) is 6.26. The van der Waals surface area contributed by atoms with E-state index in [1.807, 2.05) is 30.3 Å². The number of aliphatic carboxylic acids is 1. The molecule has 19 heavy (non-hydrogen) atoms. The molecule has 0 atom stereocenters. The molecule has 4 nitrogen and oxygen atoms in total. The Kier molecular flexibility index (Phi) is 3.21. The summed E-state index contributed by atoms with van der Waals surface area (Å²) in [5.74, 6) is -0.821. The molecule has 0 radical (unpaired) electrons. The Morgan fingerprint density at radius 2 is 2.11 bits per heavy atom. The molecule has 1 aliphatic rings. The van der Waals surface area contributed by atoms with E-state index in [2.05, 4.69) is 10.3 Å². The van der Waals surface area contributed by atoms with E-state index in [-0.39, 0.29) is 6.42 Å². The average Bonchev–Trinajstić information content (AvgIpc) is 3.11. The second-order valence-corrected chi connectivity index (χ2v) is 5.73. The van der Waals surface area contributed by atoms with E-state index in [1.54, 1.807) is 0 Å². The standard InChI is InChI=1S/C14H14N2O2S/c17-12(18)8-11-13(9-4-2-1-3-5-9)16-14(19-11)15-10-6-7-10/h1-5,10H,6-8H2,(H,15,16)(H,17,18). The van der Waals surface area contributed by atoms with E-state index in [1.165, 1.54) is 24.2 Å². The molecule has 0 spiro atoms. The first-order valence-corrected chi connectivity index (χ1v) is 7.07. The number of aromatic nitrogens is 1. The van der Waals surface area contributed by atoms with Gasteiger partial charge in [0.1, 0.15) is 0 Å². The van der Waals surface area contributed by atoms with Gasteiger partial charge in [-0.3, -0.25) is 4.79 Å². The van der Waals surface area contributed by atoms with Crippen molar-refractivity contribution in [1.29, 1.82) is 0 Å². The maximum atomic E-state index is 11.0. The summed E-state index contributed by atoms with van der Waals surface area (Å²) >= 11 is 1.45. The molecule has 2 aromatic rings. The molecule has 3 rings (SSSR count). The molecule has 0 saturated heterocycles. The van der Waals surface area contributed by atoms with Gasteiger partial charge >= 0.3 is 5.97 Å². The van der Waals surface area contributed by atoms with Crippen molar-refractivity contribution in [3.8, 4) is 11.3 Å². The third kappa shape index (κ3) is 2.93. The summed E-state index contributed by atoms with van der Waals surface area (Å²) in [6.07, 6.45) is 2.37. The van der Waals surface area contributed by atoms with Crippen molar-refractivity contribution in [1.82, 2.24) is 4.98 Å².